The van der Waals surface area contributed by atoms with Crippen molar-refractivity contribution in [2.45, 2.75) is 114 Å². The van der Waals surface area contributed by atoms with Crippen LogP contribution in [-0.4, -0.2) is 124 Å². The standard InChI is InChI=1S/C47H55ClN10O7/c1-26(2)57-38-9-4-29(16-27(38)18-40(46(57)63)64-25-42(60)49-3)51-43-37(48)21-50-47(53-43)54-14-12-34(13-15-54)65-35-19-33(20-35)58-31-5-6-32(58)24-55(23-31)30-7-8-36-28(17-30)22-56(45(36)62)39-10-11-41(59)52-44(39)61/h4,7-9,16-18,21,26,31-35,39H,5-6,10-15,19-20,22-25H2,1-3H3,(H,49,60)(H,50,51,53)(H,52,59,61)/t31?,32?,33-,35-,39?. The van der Waals surface area contributed by atoms with Gasteiger partial charge in [-0.15, -0.1) is 0 Å². The van der Waals surface area contributed by atoms with Gasteiger partial charge < -0.3 is 39.4 Å². The van der Waals surface area contributed by atoms with Gasteiger partial charge in [0, 0.05) is 92.7 Å². The van der Waals surface area contributed by atoms with Gasteiger partial charge in [-0.25, -0.2) is 4.98 Å². The van der Waals surface area contributed by atoms with Crippen LogP contribution in [0.3, 0.4) is 0 Å². The van der Waals surface area contributed by atoms with Gasteiger partial charge in [0.1, 0.15) is 11.1 Å². The highest BCUT2D eigenvalue weighted by molar-refractivity contribution is 6.33. The number of fused-ring (bicyclic) bond motifs is 4. The van der Waals surface area contributed by atoms with Gasteiger partial charge in [-0.1, -0.05) is 11.6 Å². The number of ether oxygens (including phenoxy) is 2. The van der Waals surface area contributed by atoms with Crippen molar-refractivity contribution < 1.29 is 28.7 Å². The number of piperazine rings is 1. The molecule has 4 saturated heterocycles. The van der Waals surface area contributed by atoms with Crippen LogP contribution in [-0.2, 0) is 25.7 Å². The number of aromatic nitrogens is 3. The molecule has 65 heavy (non-hydrogen) atoms. The van der Waals surface area contributed by atoms with E-state index in [-0.39, 0.29) is 66.2 Å². The van der Waals surface area contributed by atoms with Crippen LogP contribution in [0.4, 0.5) is 23.1 Å². The Balaban J connectivity index is 0.711. The highest BCUT2D eigenvalue weighted by Crippen LogP contribution is 2.42. The molecule has 2 aromatic heterocycles. The molecule has 7 heterocycles. The van der Waals surface area contributed by atoms with Gasteiger partial charge in [0.2, 0.25) is 17.8 Å². The molecular formula is C47H55ClN10O7. The Morgan fingerprint density at radius 2 is 1.69 bits per heavy atom. The SMILES string of the molecule is CNC(=O)COc1cc2cc(Nc3nc(N4CCC(O[C@H]5C[C@H](N6C7CCC6CN(c6ccc8c(c6)CN(C6CCC(=O)NC6=O)C8=O)C7)C5)CC4)ncc3Cl)ccc2n(C(C)C)c1=O. The predicted octanol–water partition coefficient (Wildman–Crippen LogP) is 4.52. The molecule has 5 aliphatic heterocycles. The number of amides is 4. The number of anilines is 4. The molecule has 2 aromatic carbocycles. The average Bonchev–Trinajstić information content (AvgIpc) is 3.73. The van der Waals surface area contributed by atoms with Gasteiger partial charge in [0.25, 0.3) is 17.4 Å². The molecule has 1 saturated carbocycles. The number of carbonyl (C=O) groups excluding carboxylic acids is 4. The van der Waals surface area contributed by atoms with E-state index in [1.165, 1.54) is 19.9 Å². The predicted molar refractivity (Wildman–Crippen MR) is 245 cm³/mol. The minimum absolute atomic E-state index is 0.0957. The van der Waals surface area contributed by atoms with Crippen molar-refractivity contribution >= 4 is 69.3 Å². The van der Waals surface area contributed by atoms with Crippen molar-refractivity contribution in [1.29, 1.82) is 0 Å². The number of halogens is 1. The number of nitrogens with one attached hydrogen (secondary N) is 3. The number of rotatable bonds is 12. The monoisotopic (exact) mass is 906 g/mol. The summed E-state index contributed by atoms with van der Waals surface area (Å²) in [4.78, 5) is 81.1. The summed E-state index contributed by atoms with van der Waals surface area (Å²) in [6.07, 6.45) is 8.88. The molecule has 3 unspecified atom stereocenters. The van der Waals surface area contributed by atoms with Crippen LogP contribution in [0.25, 0.3) is 10.9 Å². The molecule has 342 valence electrons. The third-order valence-electron chi connectivity index (χ3n) is 14.2. The number of likely N-dealkylation sites (N-methyl/N-ethyl adjacent to an activating group) is 1. The zero-order valence-corrected chi connectivity index (χ0v) is 37.7. The number of hydrogen-bond donors (Lipinski definition) is 3. The topological polar surface area (TPSA) is 184 Å². The molecule has 18 heteroatoms. The fraction of sp³-hybridized carbons (Fsp3) is 0.511. The van der Waals surface area contributed by atoms with E-state index in [1.807, 2.05) is 38.1 Å². The molecular weight excluding hydrogens is 852 g/mol. The Morgan fingerprint density at radius 3 is 2.42 bits per heavy atom. The molecule has 3 N–H and O–H groups in total. The Kier molecular flexibility index (Phi) is 11.6. The summed E-state index contributed by atoms with van der Waals surface area (Å²) in [7, 11) is 1.52. The fourth-order valence-corrected chi connectivity index (χ4v) is 11.0. The summed E-state index contributed by atoms with van der Waals surface area (Å²) in [6.45, 7) is 7.41. The molecule has 10 rings (SSSR count). The minimum atomic E-state index is -0.610. The van der Waals surface area contributed by atoms with Gasteiger partial charge >= 0.3 is 0 Å². The number of benzene rings is 2. The molecule has 0 radical (unpaired) electrons. The summed E-state index contributed by atoms with van der Waals surface area (Å²) >= 11 is 6.62. The van der Waals surface area contributed by atoms with E-state index in [9.17, 15) is 24.0 Å². The summed E-state index contributed by atoms with van der Waals surface area (Å²) in [5.74, 6) is 0.0278. The van der Waals surface area contributed by atoms with Crippen molar-refractivity contribution in [2.24, 2.45) is 0 Å². The first-order chi connectivity index (χ1) is 31.4. The lowest BCUT2D eigenvalue weighted by molar-refractivity contribution is -0.137. The minimum Gasteiger partial charge on any atom is -0.478 e. The zero-order chi connectivity index (χ0) is 45.1. The van der Waals surface area contributed by atoms with Crippen molar-refractivity contribution in [1.82, 2.24) is 35.0 Å². The Morgan fingerprint density at radius 1 is 0.923 bits per heavy atom. The van der Waals surface area contributed by atoms with Gasteiger partial charge in [-0.05, 0) is 107 Å². The molecule has 1 aliphatic carbocycles. The summed E-state index contributed by atoms with van der Waals surface area (Å²) in [5, 5.41) is 9.38. The van der Waals surface area contributed by atoms with Crippen LogP contribution in [0.5, 0.6) is 5.75 Å². The van der Waals surface area contributed by atoms with E-state index in [4.69, 9.17) is 26.1 Å². The van der Waals surface area contributed by atoms with E-state index in [2.05, 4.69) is 47.8 Å². The smallest absolute Gasteiger partial charge is 0.293 e. The maximum Gasteiger partial charge on any atom is 0.293 e. The molecule has 3 atom stereocenters. The first kappa shape index (κ1) is 43.1. The van der Waals surface area contributed by atoms with Gasteiger partial charge in [-0.2, -0.15) is 4.98 Å². The quantitative estimate of drug-likeness (QED) is 0.169. The number of nitrogens with zero attached hydrogens (tertiary/aromatic N) is 7. The van der Waals surface area contributed by atoms with Gasteiger partial charge in [-0.3, -0.25) is 34.2 Å². The second-order valence-corrected chi connectivity index (χ2v) is 19.0. The third-order valence-corrected chi connectivity index (χ3v) is 14.4. The Labute approximate surface area is 381 Å². The lowest BCUT2D eigenvalue weighted by atomic mass is 9.85. The Hall–Kier alpha value is -5.78. The van der Waals surface area contributed by atoms with Crippen LogP contribution in [0.15, 0.2) is 53.5 Å². The lowest BCUT2D eigenvalue weighted by Gasteiger charge is -2.51. The van der Waals surface area contributed by atoms with Crippen molar-refractivity contribution in [2.75, 3.05) is 55.0 Å². The van der Waals surface area contributed by atoms with Crippen molar-refractivity contribution in [3.8, 4) is 5.75 Å². The van der Waals surface area contributed by atoms with Crippen LogP contribution in [0, 0.1) is 0 Å². The lowest BCUT2D eigenvalue weighted by Crippen LogP contribution is -2.61. The summed E-state index contributed by atoms with van der Waals surface area (Å²) in [6, 6.07) is 14.2. The van der Waals surface area contributed by atoms with E-state index in [1.54, 1.807) is 21.7 Å². The second kappa shape index (κ2) is 17.5. The molecule has 6 aliphatic rings. The third kappa shape index (κ3) is 8.38. The number of carbonyl (C=O) groups is 4. The maximum atomic E-state index is 13.3. The molecule has 0 spiro atoms. The van der Waals surface area contributed by atoms with Crippen molar-refractivity contribution in [3.05, 3.63) is 75.2 Å². The number of pyridine rings is 1. The van der Waals surface area contributed by atoms with Gasteiger partial charge in [0.05, 0.1) is 23.9 Å². The number of hydrogen-bond acceptors (Lipinski definition) is 13. The molecule has 4 amide bonds. The summed E-state index contributed by atoms with van der Waals surface area (Å²) in [5.41, 5.74) is 3.88. The van der Waals surface area contributed by atoms with Crippen LogP contribution in [0.2, 0.25) is 5.02 Å². The molecule has 4 aromatic rings. The van der Waals surface area contributed by atoms with Crippen LogP contribution >= 0.6 is 11.6 Å². The van der Waals surface area contributed by atoms with E-state index in [0.717, 1.165) is 79.7 Å². The van der Waals surface area contributed by atoms with Gasteiger partial charge in [0.15, 0.2) is 18.2 Å². The molecule has 5 fully saturated rings. The second-order valence-electron chi connectivity index (χ2n) is 18.6. The van der Waals surface area contributed by atoms with Crippen LogP contribution < -0.4 is 36.0 Å². The summed E-state index contributed by atoms with van der Waals surface area (Å²) < 4.78 is 14.0. The van der Waals surface area contributed by atoms with E-state index >= 15 is 0 Å². The number of piperidine rings is 2. The average molecular weight is 907 g/mol. The maximum absolute atomic E-state index is 13.3. The first-order valence-corrected chi connectivity index (χ1v) is 23.3. The van der Waals surface area contributed by atoms with E-state index in [0.29, 0.717) is 53.4 Å². The molecule has 2 bridgehead atoms. The normalized spacial score (nSPS) is 24.7. The highest BCUT2D eigenvalue weighted by atomic mass is 35.5. The zero-order valence-electron chi connectivity index (χ0n) is 36.9. The molecule has 17 nitrogen and oxygen atoms in total. The van der Waals surface area contributed by atoms with Crippen LogP contribution in [0.1, 0.15) is 87.2 Å². The largest absolute Gasteiger partial charge is 0.478 e. The fourth-order valence-electron chi connectivity index (χ4n) is 10.8. The van der Waals surface area contributed by atoms with E-state index < -0.39 is 6.04 Å². The highest BCUT2D eigenvalue weighted by Gasteiger charge is 2.48. The first-order valence-electron chi connectivity index (χ1n) is 22.9. The number of imide groups is 1. The Bertz CT molecular complexity index is 2600. The van der Waals surface area contributed by atoms with Crippen molar-refractivity contribution in [3.63, 3.8) is 0 Å².